The number of fused-ring (bicyclic) bond motifs is 2. The lowest BCUT2D eigenvalue weighted by atomic mass is 9.93. The number of hydrogen-bond donors (Lipinski definition) is 0. The number of ketones is 1. The van der Waals surface area contributed by atoms with E-state index in [4.69, 9.17) is 4.74 Å². The summed E-state index contributed by atoms with van der Waals surface area (Å²) in [5.74, 6) is 1.14. The molecule has 1 fully saturated rings. The summed E-state index contributed by atoms with van der Waals surface area (Å²) in [5, 5.41) is 0. The number of carbonyl (C=O) groups excluding carboxylic acids is 2. The van der Waals surface area contributed by atoms with Crippen LogP contribution in [0.15, 0.2) is 11.8 Å². The fourth-order valence-electron chi connectivity index (χ4n) is 3.22. The Hall–Kier alpha value is -1.12. The van der Waals surface area contributed by atoms with E-state index in [0.29, 0.717) is 18.1 Å². The Morgan fingerprint density at radius 3 is 2.65 bits per heavy atom. The Balaban J connectivity index is 1.66. The molecule has 3 heteroatoms. The molecule has 2 bridgehead atoms. The molecular formula is C17H26O3. The maximum atomic E-state index is 11.8. The van der Waals surface area contributed by atoms with E-state index in [1.54, 1.807) is 6.08 Å². The van der Waals surface area contributed by atoms with Crippen molar-refractivity contribution in [3.05, 3.63) is 11.8 Å². The van der Waals surface area contributed by atoms with Crippen molar-refractivity contribution in [1.29, 1.82) is 0 Å². The number of ether oxygens (including phenoxy) is 1. The first-order valence-electron chi connectivity index (χ1n) is 8.16. The Morgan fingerprint density at radius 2 is 1.85 bits per heavy atom. The number of carbonyl (C=O) groups is 2. The number of unbranched alkanes of at least 4 members (excludes halogenated alkanes) is 5. The summed E-state index contributed by atoms with van der Waals surface area (Å²) in [7, 11) is 0. The molecule has 2 atom stereocenters. The maximum absolute atomic E-state index is 11.8. The molecule has 0 spiro atoms. The molecule has 0 N–H and O–H groups in total. The second kappa shape index (κ2) is 7.61. The number of rotatable bonds is 8. The van der Waals surface area contributed by atoms with E-state index in [1.807, 2.05) is 0 Å². The largest absolute Gasteiger partial charge is 0.431 e. The average molecular weight is 278 g/mol. The molecule has 0 amide bonds. The van der Waals surface area contributed by atoms with Crippen molar-refractivity contribution in [2.45, 2.75) is 71.1 Å². The molecule has 0 aromatic carbocycles. The first-order valence-corrected chi connectivity index (χ1v) is 8.16. The summed E-state index contributed by atoms with van der Waals surface area (Å²) >= 11 is 0. The third-order valence-corrected chi connectivity index (χ3v) is 4.49. The van der Waals surface area contributed by atoms with Crippen LogP contribution in [0.4, 0.5) is 0 Å². The van der Waals surface area contributed by atoms with Gasteiger partial charge >= 0.3 is 5.97 Å². The van der Waals surface area contributed by atoms with Crippen molar-refractivity contribution in [1.82, 2.24) is 0 Å². The second-order valence-electron chi connectivity index (χ2n) is 6.15. The summed E-state index contributed by atoms with van der Waals surface area (Å²) < 4.78 is 5.42. The normalized spacial score (nSPS) is 24.6. The molecule has 0 aromatic rings. The van der Waals surface area contributed by atoms with Gasteiger partial charge in [0.25, 0.3) is 0 Å². The topological polar surface area (TPSA) is 43.4 Å². The molecule has 2 aliphatic rings. The van der Waals surface area contributed by atoms with Gasteiger partial charge in [-0.25, -0.2) is 0 Å². The van der Waals surface area contributed by atoms with Crippen LogP contribution in [0.1, 0.15) is 71.1 Å². The zero-order valence-electron chi connectivity index (χ0n) is 12.5. The molecule has 2 unspecified atom stereocenters. The minimum Gasteiger partial charge on any atom is -0.431 e. The summed E-state index contributed by atoms with van der Waals surface area (Å²) in [6, 6.07) is 0. The van der Waals surface area contributed by atoms with E-state index in [1.165, 1.54) is 25.7 Å². The first kappa shape index (κ1) is 15.3. The molecular weight excluding hydrogens is 252 g/mol. The van der Waals surface area contributed by atoms with E-state index >= 15 is 0 Å². The predicted octanol–water partition coefficient (Wildman–Crippen LogP) is 4.16. The highest BCUT2D eigenvalue weighted by Gasteiger charge is 2.37. The lowest BCUT2D eigenvalue weighted by molar-refractivity contribution is -0.140. The van der Waals surface area contributed by atoms with Crippen LogP contribution >= 0.6 is 0 Å². The highest BCUT2D eigenvalue weighted by Crippen LogP contribution is 2.40. The molecule has 20 heavy (non-hydrogen) atoms. The third kappa shape index (κ3) is 4.19. The third-order valence-electron chi connectivity index (χ3n) is 4.49. The van der Waals surface area contributed by atoms with Gasteiger partial charge in [0, 0.05) is 24.3 Å². The molecule has 1 saturated carbocycles. The van der Waals surface area contributed by atoms with Crippen molar-refractivity contribution >= 4 is 11.8 Å². The van der Waals surface area contributed by atoms with Crippen molar-refractivity contribution in [3.8, 4) is 0 Å². The van der Waals surface area contributed by atoms with E-state index in [-0.39, 0.29) is 17.7 Å². The fraction of sp³-hybridized carbons (Fsp3) is 0.765. The van der Waals surface area contributed by atoms with Crippen LogP contribution < -0.4 is 0 Å². The van der Waals surface area contributed by atoms with Gasteiger partial charge in [-0.05, 0) is 25.7 Å². The SMILES string of the molecule is CCCCCCCCC(=O)OC1=CC(=O)C2CCC1C2. The summed E-state index contributed by atoms with van der Waals surface area (Å²) in [4.78, 5) is 23.5. The van der Waals surface area contributed by atoms with Crippen LogP contribution in [0.25, 0.3) is 0 Å². The Kier molecular flexibility index (Phi) is 5.81. The van der Waals surface area contributed by atoms with E-state index in [0.717, 1.165) is 32.1 Å². The van der Waals surface area contributed by atoms with Gasteiger partial charge in [-0.15, -0.1) is 0 Å². The number of hydrogen-bond acceptors (Lipinski definition) is 3. The number of esters is 1. The molecule has 0 radical (unpaired) electrons. The summed E-state index contributed by atoms with van der Waals surface area (Å²) in [6.07, 6.45) is 11.9. The minimum absolute atomic E-state index is 0.154. The van der Waals surface area contributed by atoms with E-state index in [9.17, 15) is 9.59 Å². The zero-order valence-corrected chi connectivity index (χ0v) is 12.5. The minimum atomic E-state index is -0.162. The van der Waals surface area contributed by atoms with E-state index < -0.39 is 0 Å². The van der Waals surface area contributed by atoms with Crippen molar-refractivity contribution in [3.63, 3.8) is 0 Å². The maximum Gasteiger partial charge on any atom is 0.310 e. The highest BCUT2D eigenvalue weighted by molar-refractivity contribution is 5.94. The highest BCUT2D eigenvalue weighted by atomic mass is 16.5. The lowest BCUT2D eigenvalue weighted by Crippen LogP contribution is -2.19. The molecule has 0 aliphatic heterocycles. The summed E-state index contributed by atoms with van der Waals surface area (Å²) in [6.45, 7) is 2.20. The molecule has 3 nitrogen and oxygen atoms in total. The lowest BCUT2D eigenvalue weighted by Gasteiger charge is -2.19. The van der Waals surface area contributed by atoms with Gasteiger partial charge in [-0.2, -0.15) is 0 Å². The molecule has 0 heterocycles. The second-order valence-corrected chi connectivity index (χ2v) is 6.15. The zero-order chi connectivity index (χ0) is 14.4. The Labute approximate surface area is 121 Å². The van der Waals surface area contributed by atoms with Crippen molar-refractivity contribution in [2.75, 3.05) is 0 Å². The van der Waals surface area contributed by atoms with Crippen molar-refractivity contribution in [2.24, 2.45) is 11.8 Å². The standard InChI is InChI=1S/C17H26O3/c1-2-3-4-5-6-7-8-17(19)20-16-12-15(18)13-9-10-14(16)11-13/h12-14H,2-11H2,1H3. The number of allylic oxidation sites excluding steroid dienone is 2. The van der Waals surface area contributed by atoms with Gasteiger partial charge in [-0.3, -0.25) is 9.59 Å². The summed E-state index contributed by atoms with van der Waals surface area (Å²) in [5.41, 5.74) is 0. The smallest absolute Gasteiger partial charge is 0.310 e. The van der Waals surface area contributed by atoms with Crippen LogP contribution in [0.5, 0.6) is 0 Å². The van der Waals surface area contributed by atoms with Gasteiger partial charge in [0.05, 0.1) is 0 Å². The van der Waals surface area contributed by atoms with Gasteiger partial charge in [0.2, 0.25) is 0 Å². The quantitative estimate of drug-likeness (QED) is 0.494. The van der Waals surface area contributed by atoms with Crippen LogP contribution in [-0.2, 0) is 14.3 Å². The molecule has 0 saturated heterocycles. The van der Waals surface area contributed by atoms with Crippen LogP contribution in [0.3, 0.4) is 0 Å². The van der Waals surface area contributed by atoms with Crippen LogP contribution in [0.2, 0.25) is 0 Å². The molecule has 112 valence electrons. The van der Waals surface area contributed by atoms with Gasteiger partial charge in [0.15, 0.2) is 5.78 Å². The van der Waals surface area contributed by atoms with Crippen LogP contribution in [-0.4, -0.2) is 11.8 Å². The van der Waals surface area contributed by atoms with Gasteiger partial charge in [0.1, 0.15) is 5.76 Å². The molecule has 2 rings (SSSR count). The fourth-order valence-corrected chi connectivity index (χ4v) is 3.22. The monoisotopic (exact) mass is 278 g/mol. The van der Waals surface area contributed by atoms with E-state index in [2.05, 4.69) is 6.92 Å². The first-order chi connectivity index (χ1) is 9.70. The molecule has 2 aliphatic carbocycles. The Morgan fingerprint density at radius 1 is 1.15 bits per heavy atom. The average Bonchev–Trinajstić information content (AvgIpc) is 2.86. The Bertz CT molecular complexity index is 384. The van der Waals surface area contributed by atoms with Gasteiger partial charge < -0.3 is 4.74 Å². The van der Waals surface area contributed by atoms with Crippen LogP contribution in [0, 0.1) is 11.8 Å². The van der Waals surface area contributed by atoms with Gasteiger partial charge in [-0.1, -0.05) is 39.0 Å². The van der Waals surface area contributed by atoms with Crippen molar-refractivity contribution < 1.29 is 14.3 Å². The predicted molar refractivity (Wildman–Crippen MR) is 78.0 cm³/mol. The molecule has 0 aromatic heterocycles.